The summed E-state index contributed by atoms with van der Waals surface area (Å²) in [6, 6.07) is 15.2. The number of benzene rings is 2. The van der Waals surface area contributed by atoms with Gasteiger partial charge >= 0.3 is 0 Å². The van der Waals surface area contributed by atoms with Crippen LogP contribution in [0.4, 0.5) is 5.69 Å². The van der Waals surface area contributed by atoms with Gasteiger partial charge in [-0.25, -0.2) is 0 Å². The summed E-state index contributed by atoms with van der Waals surface area (Å²) < 4.78 is 0. The van der Waals surface area contributed by atoms with E-state index in [2.05, 4.69) is 5.32 Å². The summed E-state index contributed by atoms with van der Waals surface area (Å²) in [6.45, 7) is 2.04. The van der Waals surface area contributed by atoms with Gasteiger partial charge in [-0.2, -0.15) is 0 Å². The molecule has 2 aromatic carbocycles. The van der Waals surface area contributed by atoms with Gasteiger partial charge in [0.1, 0.15) is 0 Å². The van der Waals surface area contributed by atoms with E-state index in [4.69, 9.17) is 17.3 Å². The number of rotatable bonds is 6. The number of nitrogen functional groups attached to an aromatic ring is 1. The van der Waals surface area contributed by atoms with Crippen LogP contribution >= 0.6 is 11.6 Å². The van der Waals surface area contributed by atoms with Crippen molar-refractivity contribution in [3.63, 3.8) is 0 Å². The van der Waals surface area contributed by atoms with Gasteiger partial charge in [0, 0.05) is 17.1 Å². The number of aryl methyl sites for hydroxylation is 1. The van der Waals surface area contributed by atoms with E-state index in [9.17, 15) is 4.79 Å². The molecule has 0 spiro atoms. The lowest BCUT2D eigenvalue weighted by molar-refractivity contribution is -0.121. The van der Waals surface area contributed by atoms with Crippen LogP contribution in [0.2, 0.25) is 5.02 Å². The number of carbonyl (C=O) groups is 1. The highest BCUT2D eigenvalue weighted by molar-refractivity contribution is 6.30. The second kappa shape index (κ2) is 7.85. The Hall–Kier alpha value is -2.00. The monoisotopic (exact) mass is 316 g/mol. The maximum atomic E-state index is 12.2. The summed E-state index contributed by atoms with van der Waals surface area (Å²) in [4.78, 5) is 12.2. The van der Waals surface area contributed by atoms with E-state index in [1.165, 1.54) is 0 Å². The fraction of sp³-hybridized carbons (Fsp3) is 0.278. The summed E-state index contributed by atoms with van der Waals surface area (Å²) in [5.74, 6) is 0.0232. The first-order valence-electron chi connectivity index (χ1n) is 7.48. The molecule has 0 heterocycles. The molecular weight excluding hydrogens is 296 g/mol. The first-order valence-corrected chi connectivity index (χ1v) is 7.86. The van der Waals surface area contributed by atoms with Crippen LogP contribution in [0.3, 0.4) is 0 Å². The maximum Gasteiger partial charge on any atom is 0.220 e. The van der Waals surface area contributed by atoms with Gasteiger partial charge < -0.3 is 11.1 Å². The second-order valence-corrected chi connectivity index (χ2v) is 5.72. The average Bonchev–Trinajstić information content (AvgIpc) is 2.52. The lowest BCUT2D eigenvalue weighted by Crippen LogP contribution is -2.28. The summed E-state index contributed by atoms with van der Waals surface area (Å²) in [5.41, 5.74) is 8.67. The lowest BCUT2D eigenvalue weighted by Gasteiger charge is -2.18. The van der Waals surface area contributed by atoms with Crippen molar-refractivity contribution in [2.75, 3.05) is 5.73 Å². The zero-order valence-corrected chi connectivity index (χ0v) is 13.4. The largest absolute Gasteiger partial charge is 0.399 e. The fourth-order valence-electron chi connectivity index (χ4n) is 2.42. The summed E-state index contributed by atoms with van der Waals surface area (Å²) in [6.07, 6.45) is 1.88. The molecule has 2 rings (SSSR count). The summed E-state index contributed by atoms with van der Waals surface area (Å²) >= 11 is 6.01. The number of nitrogens with one attached hydrogen (secondary N) is 1. The Kier molecular flexibility index (Phi) is 5.84. The van der Waals surface area contributed by atoms with E-state index in [0.29, 0.717) is 17.9 Å². The molecule has 22 heavy (non-hydrogen) atoms. The van der Waals surface area contributed by atoms with Crippen LogP contribution in [0.25, 0.3) is 0 Å². The number of para-hydroxylation sites is 1. The number of carbonyl (C=O) groups excluding carboxylic acids is 1. The molecule has 0 aliphatic heterocycles. The first-order chi connectivity index (χ1) is 10.6. The Labute approximate surface area is 136 Å². The van der Waals surface area contributed by atoms with E-state index >= 15 is 0 Å². The van der Waals surface area contributed by atoms with Gasteiger partial charge in [-0.05, 0) is 42.2 Å². The van der Waals surface area contributed by atoms with Crippen LogP contribution in [0.5, 0.6) is 0 Å². The molecule has 3 N–H and O–H groups in total. The van der Waals surface area contributed by atoms with Crippen molar-refractivity contribution < 1.29 is 4.79 Å². The zero-order chi connectivity index (χ0) is 15.9. The van der Waals surface area contributed by atoms with Gasteiger partial charge in [-0.15, -0.1) is 0 Å². The smallest absolute Gasteiger partial charge is 0.220 e. The van der Waals surface area contributed by atoms with Crippen molar-refractivity contribution in [3.8, 4) is 0 Å². The molecule has 0 bridgehead atoms. The quantitative estimate of drug-likeness (QED) is 0.787. The number of hydrogen-bond donors (Lipinski definition) is 2. The number of halogens is 1. The Morgan fingerprint density at radius 1 is 1.23 bits per heavy atom. The van der Waals surface area contributed by atoms with Crippen molar-refractivity contribution in [1.29, 1.82) is 0 Å². The normalized spacial score (nSPS) is 11.9. The van der Waals surface area contributed by atoms with Crippen molar-refractivity contribution in [3.05, 3.63) is 64.7 Å². The van der Waals surface area contributed by atoms with Crippen LogP contribution < -0.4 is 11.1 Å². The number of amides is 1. The highest BCUT2D eigenvalue weighted by Crippen LogP contribution is 2.20. The van der Waals surface area contributed by atoms with Crippen molar-refractivity contribution in [2.45, 2.75) is 32.2 Å². The molecule has 1 amide bonds. The van der Waals surface area contributed by atoms with E-state index in [1.807, 2.05) is 55.5 Å². The summed E-state index contributed by atoms with van der Waals surface area (Å²) in [7, 11) is 0. The van der Waals surface area contributed by atoms with Crippen molar-refractivity contribution in [1.82, 2.24) is 5.32 Å². The average molecular weight is 317 g/mol. The van der Waals surface area contributed by atoms with Crippen LogP contribution in [0.15, 0.2) is 48.5 Å². The molecule has 116 valence electrons. The van der Waals surface area contributed by atoms with Crippen molar-refractivity contribution >= 4 is 23.2 Å². The third kappa shape index (κ3) is 4.50. The third-order valence-corrected chi connectivity index (χ3v) is 3.91. The van der Waals surface area contributed by atoms with Gasteiger partial charge in [-0.3, -0.25) is 4.79 Å². The Balaban J connectivity index is 1.94. The number of hydrogen-bond acceptors (Lipinski definition) is 2. The van der Waals surface area contributed by atoms with Crippen LogP contribution in [-0.2, 0) is 11.2 Å². The zero-order valence-electron chi connectivity index (χ0n) is 12.7. The van der Waals surface area contributed by atoms with E-state index in [1.54, 1.807) is 0 Å². The molecule has 4 heteroatoms. The Morgan fingerprint density at radius 3 is 2.68 bits per heavy atom. The minimum Gasteiger partial charge on any atom is -0.399 e. The molecule has 0 radical (unpaired) electrons. The molecule has 0 aliphatic carbocycles. The fourth-order valence-corrected chi connectivity index (χ4v) is 2.62. The van der Waals surface area contributed by atoms with Gasteiger partial charge in [0.2, 0.25) is 5.91 Å². The highest BCUT2D eigenvalue weighted by Gasteiger charge is 2.13. The summed E-state index contributed by atoms with van der Waals surface area (Å²) in [5, 5.41) is 3.74. The standard InChI is InChI=1S/C18H21ClN2O/c1-2-17(14-7-5-8-15(19)12-14)21-18(22)11-10-13-6-3-4-9-16(13)20/h3-9,12,17H,2,10-11,20H2,1H3,(H,21,22). The molecule has 3 nitrogen and oxygen atoms in total. The van der Waals surface area contributed by atoms with Crippen LogP contribution in [0, 0.1) is 0 Å². The predicted octanol–water partition coefficient (Wildman–Crippen LogP) is 4.12. The predicted molar refractivity (Wildman–Crippen MR) is 91.8 cm³/mol. The molecule has 1 atom stereocenters. The SMILES string of the molecule is CCC(NC(=O)CCc1ccccc1N)c1cccc(Cl)c1. The van der Waals surface area contributed by atoms with Gasteiger partial charge in [0.25, 0.3) is 0 Å². The van der Waals surface area contributed by atoms with Crippen LogP contribution in [0.1, 0.15) is 36.9 Å². The molecule has 0 fully saturated rings. The Morgan fingerprint density at radius 2 is 2.00 bits per heavy atom. The minimum atomic E-state index is -0.0145. The van der Waals surface area contributed by atoms with Crippen LogP contribution in [-0.4, -0.2) is 5.91 Å². The van der Waals surface area contributed by atoms with E-state index in [-0.39, 0.29) is 11.9 Å². The molecule has 0 aliphatic rings. The molecule has 2 aromatic rings. The Bertz CT molecular complexity index is 642. The lowest BCUT2D eigenvalue weighted by atomic mass is 10.0. The minimum absolute atomic E-state index is 0.0145. The van der Waals surface area contributed by atoms with Gasteiger partial charge in [-0.1, -0.05) is 48.9 Å². The van der Waals surface area contributed by atoms with E-state index < -0.39 is 0 Å². The van der Waals surface area contributed by atoms with Crippen molar-refractivity contribution in [2.24, 2.45) is 0 Å². The van der Waals surface area contributed by atoms with Gasteiger partial charge in [0.05, 0.1) is 6.04 Å². The third-order valence-electron chi connectivity index (χ3n) is 3.67. The second-order valence-electron chi connectivity index (χ2n) is 5.28. The maximum absolute atomic E-state index is 12.2. The molecule has 0 aromatic heterocycles. The van der Waals surface area contributed by atoms with E-state index in [0.717, 1.165) is 23.2 Å². The topological polar surface area (TPSA) is 55.1 Å². The first kappa shape index (κ1) is 16.4. The van der Waals surface area contributed by atoms with Gasteiger partial charge in [0.15, 0.2) is 0 Å². The molecule has 0 saturated carbocycles. The molecule has 0 saturated heterocycles. The number of nitrogens with two attached hydrogens (primary N) is 1. The molecule has 1 unspecified atom stereocenters. The molecular formula is C18H21ClN2O. The highest BCUT2D eigenvalue weighted by atomic mass is 35.5. The number of anilines is 1.